The van der Waals surface area contributed by atoms with Gasteiger partial charge < -0.3 is 5.73 Å². The van der Waals surface area contributed by atoms with Gasteiger partial charge in [0.1, 0.15) is 0 Å². The molecule has 5 nitrogen and oxygen atoms in total. The van der Waals surface area contributed by atoms with Gasteiger partial charge >= 0.3 is 10.4 Å². The van der Waals surface area contributed by atoms with Gasteiger partial charge in [0, 0.05) is 17.7 Å². The van der Waals surface area contributed by atoms with Crippen LogP contribution < -0.4 is 5.73 Å². The number of anilines is 1. The normalized spacial score (nSPS) is 22.2. The van der Waals surface area contributed by atoms with Gasteiger partial charge in [-0.05, 0) is 22.4 Å². The first-order valence-corrected chi connectivity index (χ1v) is 6.81. The molecule has 0 bridgehead atoms. The zero-order chi connectivity index (χ0) is 12.5. The molecule has 0 atom stereocenters. The van der Waals surface area contributed by atoms with Crippen LogP contribution in [-0.4, -0.2) is 8.42 Å². The quantitative estimate of drug-likeness (QED) is 0.727. The minimum absolute atomic E-state index is 0.368. The molecule has 6 heteroatoms. The van der Waals surface area contributed by atoms with Gasteiger partial charge in [-0.3, -0.25) is 0 Å². The molecule has 1 saturated heterocycles. The molecule has 2 aliphatic rings. The maximum atomic E-state index is 11.1. The average molecular weight is 263 g/mol. The number of nitrogen functional groups attached to an aromatic ring is 1. The van der Waals surface area contributed by atoms with Crippen molar-refractivity contribution in [3.63, 3.8) is 0 Å². The van der Waals surface area contributed by atoms with E-state index in [4.69, 9.17) is 14.1 Å². The van der Waals surface area contributed by atoms with Gasteiger partial charge in [0.2, 0.25) is 5.79 Å². The van der Waals surface area contributed by atoms with Crippen LogP contribution in [0.4, 0.5) is 5.69 Å². The second-order valence-corrected chi connectivity index (χ2v) is 5.70. The first kappa shape index (κ1) is 10.3. The lowest BCUT2D eigenvalue weighted by Crippen LogP contribution is -2.47. The minimum Gasteiger partial charge on any atom is -0.398 e. The highest BCUT2D eigenvalue weighted by atomic mass is 32.3. The van der Waals surface area contributed by atoms with E-state index in [2.05, 4.69) is 0 Å². The highest BCUT2D eigenvalue weighted by Crippen LogP contribution is 2.53. The Kier molecular flexibility index (Phi) is 1.63. The van der Waals surface area contributed by atoms with Gasteiger partial charge in [-0.1, -0.05) is 24.3 Å². The molecule has 2 aromatic rings. The zero-order valence-corrected chi connectivity index (χ0v) is 10.0. The molecule has 1 fully saturated rings. The number of hydrogen-bond acceptors (Lipinski definition) is 5. The van der Waals surface area contributed by atoms with Crippen molar-refractivity contribution in [3.05, 3.63) is 41.5 Å². The van der Waals surface area contributed by atoms with Crippen molar-refractivity contribution in [2.75, 3.05) is 5.73 Å². The average Bonchev–Trinajstić information content (AvgIpc) is 2.58. The largest absolute Gasteiger partial charge is 0.405 e. The van der Waals surface area contributed by atoms with Crippen molar-refractivity contribution in [2.45, 2.75) is 12.2 Å². The molecule has 4 rings (SSSR count). The molecule has 0 aromatic heterocycles. The second kappa shape index (κ2) is 2.85. The third-order valence-corrected chi connectivity index (χ3v) is 4.39. The van der Waals surface area contributed by atoms with Crippen molar-refractivity contribution in [2.24, 2.45) is 0 Å². The predicted molar refractivity (Wildman–Crippen MR) is 64.8 cm³/mol. The molecule has 92 valence electrons. The molecular weight excluding hydrogens is 254 g/mol. The van der Waals surface area contributed by atoms with Gasteiger partial charge in [-0.2, -0.15) is 8.42 Å². The highest BCUT2D eigenvalue weighted by Gasteiger charge is 2.58. The molecule has 0 radical (unpaired) electrons. The summed E-state index contributed by atoms with van der Waals surface area (Å²) in [4.78, 5) is 0. The van der Waals surface area contributed by atoms with Crippen LogP contribution in [0.5, 0.6) is 0 Å². The fraction of sp³-hybridized carbons (Fsp3) is 0.167. The summed E-state index contributed by atoms with van der Waals surface area (Å²) in [6.45, 7) is 0. The van der Waals surface area contributed by atoms with Crippen molar-refractivity contribution in [1.29, 1.82) is 0 Å². The lowest BCUT2D eigenvalue weighted by atomic mass is 10.0. The summed E-state index contributed by atoms with van der Waals surface area (Å²) >= 11 is 0. The van der Waals surface area contributed by atoms with Gasteiger partial charge in [0.25, 0.3) is 0 Å². The fourth-order valence-electron chi connectivity index (χ4n) is 2.85. The van der Waals surface area contributed by atoms with E-state index in [9.17, 15) is 8.42 Å². The Morgan fingerprint density at radius 1 is 1.17 bits per heavy atom. The minimum atomic E-state index is -3.86. The lowest BCUT2D eigenvalue weighted by Gasteiger charge is -2.37. The van der Waals surface area contributed by atoms with E-state index in [0.29, 0.717) is 17.7 Å². The maximum absolute atomic E-state index is 11.1. The Balaban J connectivity index is 2.07. The van der Waals surface area contributed by atoms with Crippen LogP contribution in [0.2, 0.25) is 0 Å². The monoisotopic (exact) mass is 263 g/mol. The summed E-state index contributed by atoms with van der Waals surface area (Å²) in [5.41, 5.74) is 8.06. The first-order chi connectivity index (χ1) is 8.51. The number of nitrogens with two attached hydrogens (primary N) is 1. The molecule has 0 amide bonds. The van der Waals surface area contributed by atoms with Crippen LogP contribution in [-0.2, 0) is 31.0 Å². The third-order valence-electron chi connectivity index (χ3n) is 3.44. The molecule has 1 aliphatic heterocycles. The van der Waals surface area contributed by atoms with Gasteiger partial charge in [-0.15, -0.1) is 0 Å². The van der Waals surface area contributed by atoms with E-state index in [1.54, 1.807) is 6.07 Å². The van der Waals surface area contributed by atoms with Gasteiger partial charge in [-0.25, -0.2) is 8.37 Å². The second-order valence-electron chi connectivity index (χ2n) is 4.55. The van der Waals surface area contributed by atoms with Crippen LogP contribution in [0, 0.1) is 0 Å². The molecule has 2 N–H and O–H groups in total. The summed E-state index contributed by atoms with van der Waals surface area (Å²) in [7, 11) is -3.86. The summed E-state index contributed by atoms with van der Waals surface area (Å²) < 4.78 is 32.3. The molecule has 18 heavy (non-hydrogen) atoms. The first-order valence-electron chi connectivity index (χ1n) is 5.48. The van der Waals surface area contributed by atoms with Crippen LogP contribution in [0.3, 0.4) is 0 Å². The molecule has 0 saturated carbocycles. The van der Waals surface area contributed by atoms with Gasteiger partial charge in [0.15, 0.2) is 0 Å². The zero-order valence-electron chi connectivity index (χ0n) is 9.21. The molecular formula is C12H9NO4S. The molecule has 1 aliphatic carbocycles. The van der Waals surface area contributed by atoms with E-state index in [-0.39, 0.29) is 0 Å². The molecule has 0 unspecified atom stereocenters. The van der Waals surface area contributed by atoms with E-state index in [0.717, 1.165) is 16.3 Å². The van der Waals surface area contributed by atoms with Gasteiger partial charge in [0.05, 0.1) is 0 Å². The standard InChI is InChI=1S/C12H9NO4S/c13-9-5-4-7-2-1-3-8-6-12(11(9)10(7)8)16-18(14,15)17-12/h1-5H,6,13H2. The van der Waals surface area contributed by atoms with E-state index in [1.165, 1.54) is 0 Å². The number of fused-ring (bicyclic) bond motifs is 1. The van der Waals surface area contributed by atoms with Crippen LogP contribution >= 0.6 is 0 Å². The summed E-state index contributed by atoms with van der Waals surface area (Å²) in [5, 5.41) is 1.94. The number of hydrogen-bond donors (Lipinski definition) is 1. The van der Waals surface area contributed by atoms with Crippen LogP contribution in [0.1, 0.15) is 11.1 Å². The summed E-state index contributed by atoms with van der Waals surface area (Å²) in [5.74, 6) is -1.24. The van der Waals surface area contributed by atoms with Crippen molar-refractivity contribution in [3.8, 4) is 0 Å². The Morgan fingerprint density at radius 3 is 2.67 bits per heavy atom. The molecule has 1 spiro atoms. The van der Waals surface area contributed by atoms with E-state index < -0.39 is 16.2 Å². The van der Waals surface area contributed by atoms with E-state index in [1.807, 2.05) is 24.3 Å². The Morgan fingerprint density at radius 2 is 1.94 bits per heavy atom. The SMILES string of the molecule is Nc1ccc2cccc3c2c1C1(C3)OS(=O)(=O)O1. The van der Waals surface area contributed by atoms with Crippen LogP contribution in [0.15, 0.2) is 30.3 Å². The highest BCUT2D eigenvalue weighted by molar-refractivity contribution is 7.82. The fourth-order valence-corrected chi connectivity index (χ4v) is 3.80. The summed E-state index contributed by atoms with van der Waals surface area (Å²) in [6.07, 6.45) is 0.368. The smallest absolute Gasteiger partial charge is 0.398 e. The maximum Gasteiger partial charge on any atom is 0.405 e. The summed E-state index contributed by atoms with van der Waals surface area (Å²) in [6, 6.07) is 9.45. The molecule has 2 aromatic carbocycles. The Labute approximate surface area is 103 Å². The van der Waals surface area contributed by atoms with Crippen molar-refractivity contribution >= 4 is 26.9 Å². The van der Waals surface area contributed by atoms with E-state index >= 15 is 0 Å². The lowest BCUT2D eigenvalue weighted by molar-refractivity contribution is -0.190. The number of benzene rings is 2. The van der Waals surface area contributed by atoms with Crippen molar-refractivity contribution in [1.82, 2.24) is 0 Å². The topological polar surface area (TPSA) is 78.6 Å². The Hall–Kier alpha value is -1.63. The third kappa shape index (κ3) is 1.10. The molecule has 1 heterocycles. The predicted octanol–water partition coefficient (Wildman–Crippen LogP) is 1.42. The number of rotatable bonds is 0. The Bertz CT molecular complexity index is 785. The van der Waals surface area contributed by atoms with Crippen molar-refractivity contribution < 1.29 is 16.8 Å². The van der Waals surface area contributed by atoms with Crippen LogP contribution in [0.25, 0.3) is 10.8 Å².